The van der Waals surface area contributed by atoms with Gasteiger partial charge in [0.05, 0.1) is 13.2 Å². The molecule has 2 rings (SSSR count). The number of morpholine rings is 1. The average Bonchev–Trinajstić information content (AvgIpc) is 2.38. The van der Waals surface area contributed by atoms with Gasteiger partial charge in [0.25, 0.3) is 5.91 Å². The van der Waals surface area contributed by atoms with Gasteiger partial charge in [0.2, 0.25) is 0 Å². The van der Waals surface area contributed by atoms with E-state index < -0.39 is 5.60 Å². The highest BCUT2D eigenvalue weighted by Gasteiger charge is 2.39. The Hall–Kier alpha value is -1.69. The van der Waals surface area contributed by atoms with Crippen molar-refractivity contribution in [3.63, 3.8) is 0 Å². The fourth-order valence-electron chi connectivity index (χ4n) is 2.09. The molecule has 1 amide bonds. The summed E-state index contributed by atoms with van der Waals surface area (Å²) in [6.45, 7) is 5.37. The quantitative estimate of drug-likeness (QED) is 0.808. The minimum absolute atomic E-state index is 0.113. The smallest absolute Gasteiger partial charge is 0.253 e. The van der Waals surface area contributed by atoms with Crippen LogP contribution in [0.3, 0.4) is 0 Å². The molecule has 1 aromatic rings. The number of ether oxygens (including phenoxy) is 1. The third-order valence-electron chi connectivity index (χ3n) is 3.07. The molecule has 1 aromatic heterocycles. The van der Waals surface area contributed by atoms with Gasteiger partial charge in [0, 0.05) is 19.8 Å². The lowest BCUT2D eigenvalue weighted by Crippen LogP contribution is -2.58. The number of carbonyl (C=O) groups is 1. The number of aromatic nitrogens is 2. The minimum Gasteiger partial charge on any atom is -0.362 e. The molecule has 2 heterocycles. The van der Waals surface area contributed by atoms with Crippen molar-refractivity contribution >= 4 is 11.7 Å². The predicted octanol–water partition coefficient (Wildman–Crippen LogP) is 0.126. The normalized spacial score (nSPS) is 23.8. The summed E-state index contributed by atoms with van der Waals surface area (Å²) in [5.41, 5.74) is -0.828. The summed E-state index contributed by atoms with van der Waals surface area (Å²) < 4.78 is 5.60. The van der Waals surface area contributed by atoms with Gasteiger partial charge in [-0.2, -0.15) is 0 Å². The van der Waals surface area contributed by atoms with Crippen LogP contribution in [0, 0.1) is 6.92 Å². The fourth-order valence-corrected chi connectivity index (χ4v) is 2.09. The summed E-state index contributed by atoms with van der Waals surface area (Å²) >= 11 is 0. The highest BCUT2D eigenvalue weighted by molar-refractivity contribution is 5.85. The number of carbonyl (C=O) groups excluding carboxylic acids is 1. The van der Waals surface area contributed by atoms with Crippen LogP contribution in [-0.4, -0.2) is 48.2 Å². The van der Waals surface area contributed by atoms with Gasteiger partial charge >= 0.3 is 0 Å². The summed E-state index contributed by atoms with van der Waals surface area (Å²) in [4.78, 5) is 22.3. The van der Waals surface area contributed by atoms with E-state index in [4.69, 9.17) is 4.74 Å². The standard InChI is InChI=1S/C12H18N4O2/c1-9-14-5-4-10(15-9)16-6-7-18-12(2,8-16)11(17)13-3/h4-5H,6-8H2,1-3H3,(H,13,17)/t12-/m0/s1. The van der Waals surface area contributed by atoms with E-state index in [0.29, 0.717) is 13.2 Å². The molecule has 0 aliphatic carbocycles. The Morgan fingerprint density at radius 3 is 3.06 bits per heavy atom. The molecule has 1 saturated heterocycles. The highest BCUT2D eigenvalue weighted by atomic mass is 16.5. The van der Waals surface area contributed by atoms with Crippen molar-refractivity contribution in [3.05, 3.63) is 18.1 Å². The monoisotopic (exact) mass is 250 g/mol. The first-order valence-corrected chi connectivity index (χ1v) is 5.96. The molecule has 98 valence electrons. The van der Waals surface area contributed by atoms with E-state index in [-0.39, 0.29) is 5.91 Å². The lowest BCUT2D eigenvalue weighted by molar-refractivity contribution is -0.145. The van der Waals surface area contributed by atoms with Crippen molar-refractivity contribution in [2.45, 2.75) is 19.4 Å². The molecule has 6 nitrogen and oxygen atoms in total. The number of nitrogens with one attached hydrogen (secondary N) is 1. The van der Waals surface area contributed by atoms with E-state index in [9.17, 15) is 4.79 Å². The zero-order chi connectivity index (χ0) is 13.2. The van der Waals surface area contributed by atoms with Crippen LogP contribution >= 0.6 is 0 Å². The number of aryl methyl sites for hydroxylation is 1. The zero-order valence-electron chi connectivity index (χ0n) is 10.9. The maximum absolute atomic E-state index is 11.8. The van der Waals surface area contributed by atoms with Crippen molar-refractivity contribution in [1.29, 1.82) is 0 Å². The molecule has 0 bridgehead atoms. The lowest BCUT2D eigenvalue weighted by Gasteiger charge is -2.39. The fraction of sp³-hybridized carbons (Fsp3) is 0.583. The summed E-state index contributed by atoms with van der Waals surface area (Å²) in [6, 6.07) is 1.85. The Bertz CT molecular complexity index is 451. The molecule has 1 atom stereocenters. The molecule has 0 unspecified atom stereocenters. The summed E-state index contributed by atoms with van der Waals surface area (Å²) in [6.07, 6.45) is 1.73. The van der Waals surface area contributed by atoms with Gasteiger partial charge in [-0.3, -0.25) is 4.79 Å². The van der Waals surface area contributed by atoms with Crippen molar-refractivity contribution in [1.82, 2.24) is 15.3 Å². The topological polar surface area (TPSA) is 67.4 Å². The van der Waals surface area contributed by atoms with E-state index in [1.54, 1.807) is 20.2 Å². The van der Waals surface area contributed by atoms with Crippen LogP contribution in [-0.2, 0) is 9.53 Å². The molecule has 0 aromatic carbocycles. The molecular weight excluding hydrogens is 232 g/mol. The number of anilines is 1. The molecule has 0 spiro atoms. The molecule has 1 aliphatic rings. The number of nitrogens with zero attached hydrogens (tertiary/aromatic N) is 3. The first kappa shape index (κ1) is 12.8. The Morgan fingerprint density at radius 2 is 2.39 bits per heavy atom. The first-order chi connectivity index (χ1) is 8.55. The van der Waals surface area contributed by atoms with Crippen LogP contribution in [0.1, 0.15) is 12.7 Å². The van der Waals surface area contributed by atoms with Gasteiger partial charge in [0.15, 0.2) is 5.60 Å². The van der Waals surface area contributed by atoms with Gasteiger partial charge in [-0.25, -0.2) is 9.97 Å². The van der Waals surface area contributed by atoms with Crippen LogP contribution in [0.4, 0.5) is 5.82 Å². The number of hydrogen-bond donors (Lipinski definition) is 1. The maximum Gasteiger partial charge on any atom is 0.253 e. The molecule has 0 radical (unpaired) electrons. The van der Waals surface area contributed by atoms with Crippen LogP contribution in [0.15, 0.2) is 12.3 Å². The largest absolute Gasteiger partial charge is 0.362 e. The molecular formula is C12H18N4O2. The predicted molar refractivity (Wildman–Crippen MR) is 67.4 cm³/mol. The van der Waals surface area contributed by atoms with Gasteiger partial charge in [-0.05, 0) is 19.9 Å². The number of amides is 1. The maximum atomic E-state index is 11.8. The van der Waals surface area contributed by atoms with Crippen LogP contribution in [0.2, 0.25) is 0 Å². The van der Waals surface area contributed by atoms with Gasteiger partial charge in [-0.15, -0.1) is 0 Å². The minimum atomic E-state index is -0.828. The molecule has 6 heteroatoms. The van der Waals surface area contributed by atoms with E-state index in [2.05, 4.69) is 15.3 Å². The summed E-state index contributed by atoms with van der Waals surface area (Å²) in [5, 5.41) is 2.64. The number of hydrogen-bond acceptors (Lipinski definition) is 5. The van der Waals surface area contributed by atoms with Crippen molar-refractivity contribution in [2.24, 2.45) is 0 Å². The van der Waals surface area contributed by atoms with E-state index >= 15 is 0 Å². The van der Waals surface area contributed by atoms with Crippen molar-refractivity contribution in [3.8, 4) is 0 Å². The van der Waals surface area contributed by atoms with Gasteiger partial charge < -0.3 is 15.0 Å². The Labute approximate surface area is 106 Å². The van der Waals surface area contributed by atoms with Crippen LogP contribution in [0.25, 0.3) is 0 Å². The second-order valence-electron chi connectivity index (χ2n) is 4.54. The van der Waals surface area contributed by atoms with Gasteiger partial charge in [0.1, 0.15) is 11.6 Å². The zero-order valence-corrected chi connectivity index (χ0v) is 10.9. The summed E-state index contributed by atoms with van der Waals surface area (Å²) in [7, 11) is 1.62. The molecule has 0 saturated carbocycles. The van der Waals surface area contributed by atoms with E-state index in [1.807, 2.05) is 17.9 Å². The molecule has 18 heavy (non-hydrogen) atoms. The Morgan fingerprint density at radius 1 is 1.61 bits per heavy atom. The second kappa shape index (κ2) is 4.89. The molecule has 1 fully saturated rings. The number of rotatable bonds is 2. The second-order valence-corrected chi connectivity index (χ2v) is 4.54. The third kappa shape index (κ3) is 2.43. The highest BCUT2D eigenvalue weighted by Crippen LogP contribution is 2.22. The molecule has 1 aliphatic heterocycles. The average molecular weight is 250 g/mol. The van der Waals surface area contributed by atoms with Crippen molar-refractivity contribution in [2.75, 3.05) is 31.6 Å². The van der Waals surface area contributed by atoms with Crippen LogP contribution in [0.5, 0.6) is 0 Å². The van der Waals surface area contributed by atoms with Crippen LogP contribution < -0.4 is 10.2 Å². The SMILES string of the molecule is CNC(=O)[C@]1(C)CN(c2ccnc(C)n2)CCO1. The Kier molecular flexibility index (Phi) is 3.47. The van der Waals surface area contributed by atoms with E-state index in [0.717, 1.165) is 18.2 Å². The molecule has 1 N–H and O–H groups in total. The first-order valence-electron chi connectivity index (χ1n) is 5.96. The lowest BCUT2D eigenvalue weighted by atomic mass is 10.0. The summed E-state index contributed by atoms with van der Waals surface area (Å²) in [5.74, 6) is 1.44. The van der Waals surface area contributed by atoms with Gasteiger partial charge in [-0.1, -0.05) is 0 Å². The Balaban J connectivity index is 2.19. The van der Waals surface area contributed by atoms with Crippen molar-refractivity contribution < 1.29 is 9.53 Å². The van der Waals surface area contributed by atoms with E-state index in [1.165, 1.54) is 0 Å². The number of likely N-dealkylation sites (N-methyl/N-ethyl adjacent to an activating group) is 1. The third-order valence-corrected chi connectivity index (χ3v) is 3.07.